The summed E-state index contributed by atoms with van der Waals surface area (Å²) in [7, 11) is 1.64. The minimum Gasteiger partial charge on any atom is -0.497 e. The van der Waals surface area contributed by atoms with Gasteiger partial charge in [0.15, 0.2) is 0 Å². The molecule has 0 fully saturated rings. The number of non-ortho nitro benzene ring substituents is 1. The van der Waals surface area contributed by atoms with Crippen LogP contribution in [0.25, 0.3) is 10.6 Å². The van der Waals surface area contributed by atoms with E-state index < -0.39 is 4.92 Å². The molecular weight excluding hydrogens is 326 g/mol. The van der Waals surface area contributed by atoms with Gasteiger partial charge in [0.2, 0.25) is 0 Å². The van der Waals surface area contributed by atoms with Crippen LogP contribution in [0.3, 0.4) is 0 Å². The second kappa shape index (κ2) is 7.10. The maximum Gasteiger partial charge on any atom is 0.271 e. The number of hydrogen-bond acceptors (Lipinski definition) is 6. The lowest BCUT2D eigenvalue weighted by Crippen LogP contribution is -2.00. The van der Waals surface area contributed by atoms with Gasteiger partial charge in [-0.15, -0.1) is 11.3 Å². The zero-order valence-electron chi connectivity index (χ0n) is 12.9. The van der Waals surface area contributed by atoms with Crippen molar-refractivity contribution in [2.45, 2.75) is 6.54 Å². The average molecular weight is 341 g/mol. The van der Waals surface area contributed by atoms with Crippen LogP contribution in [0.2, 0.25) is 0 Å². The van der Waals surface area contributed by atoms with Gasteiger partial charge in [0.1, 0.15) is 10.8 Å². The van der Waals surface area contributed by atoms with E-state index in [2.05, 4.69) is 10.3 Å². The lowest BCUT2D eigenvalue weighted by atomic mass is 10.2. The summed E-state index contributed by atoms with van der Waals surface area (Å²) in [6.45, 7) is 0.508. The highest BCUT2D eigenvalue weighted by molar-refractivity contribution is 7.13. The molecule has 122 valence electrons. The SMILES string of the molecule is COc1ccc(-c2nc(CNc3cccc([N+](=O)[O-])c3)cs2)cc1. The van der Waals surface area contributed by atoms with Crippen molar-refractivity contribution in [3.8, 4) is 16.3 Å². The van der Waals surface area contributed by atoms with E-state index in [1.54, 1.807) is 30.6 Å². The van der Waals surface area contributed by atoms with Crippen LogP contribution < -0.4 is 10.1 Å². The molecule has 0 aliphatic rings. The Balaban J connectivity index is 1.67. The molecule has 0 spiro atoms. The largest absolute Gasteiger partial charge is 0.497 e. The number of hydrogen-bond donors (Lipinski definition) is 1. The lowest BCUT2D eigenvalue weighted by Gasteiger charge is -2.04. The Bertz CT molecular complexity index is 846. The van der Waals surface area contributed by atoms with E-state index in [-0.39, 0.29) is 5.69 Å². The normalized spacial score (nSPS) is 10.4. The highest BCUT2D eigenvalue weighted by Gasteiger charge is 2.07. The van der Waals surface area contributed by atoms with E-state index in [4.69, 9.17) is 4.74 Å². The van der Waals surface area contributed by atoms with E-state index in [0.717, 1.165) is 22.0 Å². The maximum absolute atomic E-state index is 10.8. The zero-order valence-corrected chi connectivity index (χ0v) is 13.7. The first kappa shape index (κ1) is 15.9. The molecule has 0 saturated heterocycles. The van der Waals surface area contributed by atoms with Crippen molar-refractivity contribution in [2.24, 2.45) is 0 Å². The van der Waals surface area contributed by atoms with E-state index in [1.165, 1.54) is 12.1 Å². The van der Waals surface area contributed by atoms with Crippen LogP contribution >= 0.6 is 11.3 Å². The molecule has 0 unspecified atom stereocenters. The van der Waals surface area contributed by atoms with E-state index in [0.29, 0.717) is 12.2 Å². The Morgan fingerprint density at radius 2 is 2.04 bits per heavy atom. The number of nitro groups is 1. The van der Waals surface area contributed by atoms with Crippen LogP contribution in [0.1, 0.15) is 5.69 Å². The van der Waals surface area contributed by atoms with Gasteiger partial charge in [-0.25, -0.2) is 4.98 Å². The quantitative estimate of drug-likeness (QED) is 0.533. The van der Waals surface area contributed by atoms with Gasteiger partial charge in [0, 0.05) is 28.8 Å². The second-order valence-corrected chi connectivity index (χ2v) is 5.89. The molecule has 3 rings (SSSR count). The van der Waals surface area contributed by atoms with E-state index in [9.17, 15) is 10.1 Å². The molecule has 0 amide bonds. The molecule has 24 heavy (non-hydrogen) atoms. The number of ether oxygens (including phenoxy) is 1. The van der Waals surface area contributed by atoms with Gasteiger partial charge in [0.25, 0.3) is 5.69 Å². The Labute approximate surface area is 142 Å². The predicted molar refractivity (Wildman–Crippen MR) is 94.5 cm³/mol. The van der Waals surface area contributed by atoms with Crippen LogP contribution in [-0.2, 0) is 6.54 Å². The average Bonchev–Trinajstić information content (AvgIpc) is 3.09. The minimum atomic E-state index is -0.407. The number of aromatic nitrogens is 1. The first-order valence-electron chi connectivity index (χ1n) is 7.23. The lowest BCUT2D eigenvalue weighted by molar-refractivity contribution is -0.384. The number of anilines is 1. The molecule has 0 atom stereocenters. The van der Waals surface area contributed by atoms with Gasteiger partial charge in [-0.3, -0.25) is 10.1 Å². The fourth-order valence-electron chi connectivity index (χ4n) is 2.18. The van der Waals surface area contributed by atoms with E-state index in [1.807, 2.05) is 29.6 Å². The smallest absolute Gasteiger partial charge is 0.271 e. The van der Waals surface area contributed by atoms with E-state index >= 15 is 0 Å². The van der Waals surface area contributed by atoms with Crippen molar-refractivity contribution < 1.29 is 9.66 Å². The first-order valence-corrected chi connectivity index (χ1v) is 8.11. The number of nitrogens with zero attached hydrogens (tertiary/aromatic N) is 2. The monoisotopic (exact) mass is 341 g/mol. The van der Waals surface area contributed by atoms with Gasteiger partial charge in [0.05, 0.1) is 24.3 Å². The van der Waals surface area contributed by atoms with Gasteiger partial charge in [-0.1, -0.05) is 6.07 Å². The Kier molecular flexibility index (Phi) is 4.72. The Hall–Kier alpha value is -2.93. The number of methoxy groups -OCH3 is 1. The molecule has 7 heteroatoms. The number of benzene rings is 2. The third-order valence-corrected chi connectivity index (χ3v) is 4.36. The summed E-state index contributed by atoms with van der Waals surface area (Å²) in [6.07, 6.45) is 0. The predicted octanol–water partition coefficient (Wildman–Crippen LogP) is 4.34. The number of thiazole rings is 1. The number of rotatable bonds is 6. The Morgan fingerprint density at radius 3 is 2.75 bits per heavy atom. The van der Waals surface area contributed by atoms with Crippen molar-refractivity contribution in [3.63, 3.8) is 0 Å². The topological polar surface area (TPSA) is 77.3 Å². The van der Waals surface area contributed by atoms with Gasteiger partial charge in [-0.2, -0.15) is 0 Å². The van der Waals surface area contributed by atoms with Crippen LogP contribution in [0.5, 0.6) is 5.75 Å². The van der Waals surface area contributed by atoms with Crippen molar-refractivity contribution >= 4 is 22.7 Å². The second-order valence-electron chi connectivity index (χ2n) is 5.03. The summed E-state index contributed by atoms with van der Waals surface area (Å²) in [5.74, 6) is 0.808. The molecule has 0 radical (unpaired) electrons. The van der Waals surface area contributed by atoms with Gasteiger partial charge >= 0.3 is 0 Å². The van der Waals surface area contributed by atoms with Crippen molar-refractivity contribution in [1.29, 1.82) is 0 Å². The fraction of sp³-hybridized carbons (Fsp3) is 0.118. The molecule has 0 bridgehead atoms. The standard InChI is InChI=1S/C17H15N3O3S/c1-23-16-7-5-12(6-8-16)17-19-14(11-24-17)10-18-13-3-2-4-15(9-13)20(21)22/h2-9,11,18H,10H2,1H3. The molecule has 1 heterocycles. The molecule has 0 aliphatic heterocycles. The molecule has 3 aromatic rings. The minimum absolute atomic E-state index is 0.0669. The highest BCUT2D eigenvalue weighted by Crippen LogP contribution is 2.26. The third-order valence-electron chi connectivity index (χ3n) is 3.42. The first-order chi connectivity index (χ1) is 11.7. The number of nitro benzene ring substituents is 1. The molecule has 0 saturated carbocycles. The van der Waals surface area contributed by atoms with Crippen LogP contribution in [0.15, 0.2) is 53.9 Å². The Morgan fingerprint density at radius 1 is 1.25 bits per heavy atom. The number of nitrogens with one attached hydrogen (secondary N) is 1. The summed E-state index contributed by atoms with van der Waals surface area (Å²) in [5.41, 5.74) is 2.68. The molecule has 6 nitrogen and oxygen atoms in total. The summed E-state index contributed by atoms with van der Waals surface area (Å²) >= 11 is 1.56. The summed E-state index contributed by atoms with van der Waals surface area (Å²) < 4.78 is 5.15. The van der Waals surface area contributed by atoms with Gasteiger partial charge in [-0.05, 0) is 30.3 Å². The van der Waals surface area contributed by atoms with Crippen LogP contribution in [-0.4, -0.2) is 17.0 Å². The molecule has 1 aromatic heterocycles. The van der Waals surface area contributed by atoms with Gasteiger partial charge < -0.3 is 10.1 Å². The van der Waals surface area contributed by atoms with Crippen molar-refractivity contribution in [2.75, 3.05) is 12.4 Å². The molecule has 0 aliphatic carbocycles. The molecular formula is C17H15N3O3S. The third kappa shape index (κ3) is 3.69. The summed E-state index contributed by atoms with van der Waals surface area (Å²) in [5, 5.41) is 16.9. The molecule has 1 N–H and O–H groups in total. The summed E-state index contributed by atoms with van der Waals surface area (Å²) in [6, 6.07) is 14.2. The molecule has 2 aromatic carbocycles. The zero-order chi connectivity index (χ0) is 16.9. The van der Waals surface area contributed by atoms with Crippen molar-refractivity contribution in [1.82, 2.24) is 4.98 Å². The van der Waals surface area contributed by atoms with Crippen LogP contribution in [0, 0.1) is 10.1 Å². The van der Waals surface area contributed by atoms with Crippen molar-refractivity contribution in [3.05, 3.63) is 69.7 Å². The highest BCUT2D eigenvalue weighted by atomic mass is 32.1. The van der Waals surface area contributed by atoms with Crippen LogP contribution in [0.4, 0.5) is 11.4 Å². The maximum atomic E-state index is 10.8. The fourth-order valence-corrected chi connectivity index (χ4v) is 3.00. The summed E-state index contributed by atoms with van der Waals surface area (Å²) in [4.78, 5) is 15.0.